The Morgan fingerprint density at radius 1 is 1.37 bits per heavy atom. The lowest BCUT2D eigenvalue weighted by Crippen LogP contribution is -2.18. The van der Waals surface area contributed by atoms with E-state index in [0.29, 0.717) is 11.8 Å². The van der Waals surface area contributed by atoms with Crippen LogP contribution in [0.1, 0.15) is 12.8 Å². The third kappa shape index (κ3) is 2.45. The van der Waals surface area contributed by atoms with E-state index in [0.717, 1.165) is 18.2 Å². The maximum atomic E-state index is 10.8. The van der Waals surface area contributed by atoms with Gasteiger partial charge in [0.25, 0.3) is 5.69 Å². The van der Waals surface area contributed by atoms with E-state index in [-0.39, 0.29) is 10.7 Å². The van der Waals surface area contributed by atoms with Crippen molar-refractivity contribution < 1.29 is 4.92 Å². The van der Waals surface area contributed by atoms with E-state index in [1.54, 1.807) is 12.1 Å². The van der Waals surface area contributed by atoms with Gasteiger partial charge in [0.15, 0.2) is 0 Å². The average Bonchev–Trinajstić information content (AvgIpc) is 2.99. The summed E-state index contributed by atoms with van der Waals surface area (Å²) in [6, 6.07) is 4.87. The fourth-order valence-corrected chi connectivity index (χ4v) is 3.33. The number of anilines is 1. The van der Waals surface area contributed by atoms with Crippen LogP contribution in [0.15, 0.2) is 30.4 Å². The zero-order chi connectivity index (χ0) is 13.4. The lowest BCUT2D eigenvalue weighted by Gasteiger charge is -2.19. The first-order chi connectivity index (χ1) is 9.13. The molecule has 100 valence electrons. The van der Waals surface area contributed by atoms with Gasteiger partial charge in [-0.25, -0.2) is 0 Å². The third-order valence-electron chi connectivity index (χ3n) is 4.13. The van der Waals surface area contributed by atoms with Gasteiger partial charge in [0.2, 0.25) is 0 Å². The van der Waals surface area contributed by atoms with Crippen LogP contribution in [0.2, 0.25) is 5.02 Å². The highest BCUT2D eigenvalue weighted by Gasteiger charge is 2.35. The number of allylic oxidation sites excluding steroid dienone is 2. The Balaban J connectivity index is 1.66. The molecule has 1 aromatic rings. The highest BCUT2D eigenvalue weighted by atomic mass is 35.5. The molecule has 2 aliphatic rings. The van der Waals surface area contributed by atoms with Crippen LogP contribution in [0.25, 0.3) is 0 Å². The smallest absolute Gasteiger partial charge is 0.289 e. The average molecular weight is 279 g/mol. The molecule has 5 heteroatoms. The second-order valence-electron chi connectivity index (χ2n) is 5.34. The van der Waals surface area contributed by atoms with E-state index in [1.807, 2.05) is 0 Å². The van der Waals surface area contributed by atoms with Crippen molar-refractivity contribution in [2.75, 3.05) is 11.9 Å². The molecule has 1 aromatic carbocycles. The number of nitro groups is 1. The first-order valence-corrected chi connectivity index (χ1v) is 6.87. The summed E-state index contributed by atoms with van der Waals surface area (Å²) in [7, 11) is 0. The molecule has 1 saturated carbocycles. The van der Waals surface area contributed by atoms with Crippen molar-refractivity contribution in [2.45, 2.75) is 12.8 Å². The molecule has 0 spiro atoms. The van der Waals surface area contributed by atoms with Gasteiger partial charge in [-0.05, 0) is 42.7 Å². The predicted octanol–water partition coefficient (Wildman–Crippen LogP) is 3.87. The summed E-state index contributed by atoms with van der Waals surface area (Å²) in [4.78, 5) is 10.4. The summed E-state index contributed by atoms with van der Waals surface area (Å²) in [5, 5.41) is 14.3. The molecule has 0 radical (unpaired) electrons. The number of halogens is 1. The number of nitro benzene ring substituents is 1. The molecule has 0 saturated heterocycles. The molecule has 0 aromatic heterocycles. The van der Waals surface area contributed by atoms with Gasteiger partial charge in [0.05, 0.1) is 4.92 Å². The fourth-order valence-electron chi connectivity index (χ4n) is 3.14. The maximum Gasteiger partial charge on any atom is 0.289 e. The van der Waals surface area contributed by atoms with Crippen LogP contribution in [-0.2, 0) is 0 Å². The predicted molar refractivity (Wildman–Crippen MR) is 75.4 cm³/mol. The number of benzene rings is 1. The van der Waals surface area contributed by atoms with Crippen molar-refractivity contribution in [3.63, 3.8) is 0 Å². The van der Waals surface area contributed by atoms with Crippen molar-refractivity contribution in [3.05, 3.63) is 45.5 Å². The molecule has 2 bridgehead atoms. The van der Waals surface area contributed by atoms with Crippen LogP contribution in [0.5, 0.6) is 0 Å². The molecule has 2 aliphatic carbocycles. The first kappa shape index (κ1) is 12.5. The maximum absolute atomic E-state index is 10.8. The number of hydrogen-bond acceptors (Lipinski definition) is 3. The van der Waals surface area contributed by atoms with Crippen molar-refractivity contribution in [2.24, 2.45) is 17.8 Å². The molecule has 1 N–H and O–H groups in total. The summed E-state index contributed by atoms with van der Waals surface area (Å²) < 4.78 is 0. The highest BCUT2D eigenvalue weighted by Crippen LogP contribution is 2.43. The Labute approximate surface area is 116 Å². The summed E-state index contributed by atoms with van der Waals surface area (Å²) in [6.07, 6.45) is 7.12. The van der Waals surface area contributed by atoms with E-state index >= 15 is 0 Å². The second kappa shape index (κ2) is 4.85. The fraction of sp³-hybridized carbons (Fsp3) is 0.429. The molecular formula is C14H15ClN2O2. The largest absolute Gasteiger partial charge is 0.385 e. The van der Waals surface area contributed by atoms with Gasteiger partial charge in [-0.1, -0.05) is 23.8 Å². The van der Waals surface area contributed by atoms with Crippen molar-refractivity contribution in [1.29, 1.82) is 0 Å². The van der Waals surface area contributed by atoms with E-state index in [4.69, 9.17) is 11.6 Å². The minimum absolute atomic E-state index is 0.0421. The van der Waals surface area contributed by atoms with E-state index < -0.39 is 4.92 Å². The number of nitrogens with zero attached hydrogens (tertiary/aromatic N) is 1. The molecule has 3 atom stereocenters. The monoisotopic (exact) mass is 278 g/mol. The van der Waals surface area contributed by atoms with Gasteiger partial charge in [-0.2, -0.15) is 0 Å². The summed E-state index contributed by atoms with van der Waals surface area (Å²) in [5.41, 5.74) is 0.724. The van der Waals surface area contributed by atoms with Gasteiger partial charge < -0.3 is 5.32 Å². The standard InChI is InChI=1S/C14H15ClN2O2/c15-13-4-3-12(7-14(13)17(18)19)16-8-11-6-9-1-2-10(11)5-9/h1-4,7,9-11,16H,5-6,8H2. The summed E-state index contributed by atoms with van der Waals surface area (Å²) in [5.74, 6) is 2.07. The molecule has 3 unspecified atom stereocenters. The Bertz CT molecular complexity index is 544. The van der Waals surface area contributed by atoms with Crippen LogP contribution in [0, 0.1) is 27.9 Å². The number of fused-ring (bicyclic) bond motifs is 2. The Morgan fingerprint density at radius 3 is 2.84 bits per heavy atom. The van der Waals surface area contributed by atoms with Gasteiger partial charge in [0.1, 0.15) is 5.02 Å². The van der Waals surface area contributed by atoms with Crippen LogP contribution < -0.4 is 5.32 Å². The van der Waals surface area contributed by atoms with Crippen molar-refractivity contribution >= 4 is 23.0 Å². The molecule has 0 amide bonds. The SMILES string of the molecule is O=[N+]([O-])c1cc(NCC2CC3C=CC2C3)ccc1Cl. The minimum Gasteiger partial charge on any atom is -0.385 e. The van der Waals surface area contributed by atoms with Crippen LogP contribution in [-0.4, -0.2) is 11.5 Å². The van der Waals surface area contributed by atoms with Crippen LogP contribution in [0.4, 0.5) is 11.4 Å². The Hall–Kier alpha value is -1.55. The molecule has 19 heavy (non-hydrogen) atoms. The van der Waals surface area contributed by atoms with Gasteiger partial charge in [-0.15, -0.1) is 0 Å². The number of nitrogens with one attached hydrogen (secondary N) is 1. The lowest BCUT2D eigenvalue weighted by atomic mass is 9.93. The zero-order valence-electron chi connectivity index (χ0n) is 10.4. The Kier molecular flexibility index (Phi) is 3.19. The second-order valence-corrected chi connectivity index (χ2v) is 5.75. The van der Waals surface area contributed by atoms with Gasteiger partial charge in [-0.3, -0.25) is 10.1 Å². The minimum atomic E-state index is -0.451. The molecule has 4 nitrogen and oxygen atoms in total. The summed E-state index contributed by atoms with van der Waals surface area (Å²) in [6.45, 7) is 0.865. The zero-order valence-corrected chi connectivity index (χ0v) is 11.1. The normalized spacial score (nSPS) is 27.7. The molecule has 0 heterocycles. The number of hydrogen-bond donors (Lipinski definition) is 1. The topological polar surface area (TPSA) is 55.2 Å². The first-order valence-electron chi connectivity index (χ1n) is 6.49. The number of rotatable bonds is 4. The molecule has 3 rings (SSSR count). The van der Waals surface area contributed by atoms with Crippen LogP contribution >= 0.6 is 11.6 Å². The van der Waals surface area contributed by atoms with Gasteiger partial charge >= 0.3 is 0 Å². The lowest BCUT2D eigenvalue weighted by molar-refractivity contribution is -0.384. The van der Waals surface area contributed by atoms with Crippen LogP contribution in [0.3, 0.4) is 0 Å². The molecule has 1 fully saturated rings. The van der Waals surface area contributed by atoms with Crippen molar-refractivity contribution in [1.82, 2.24) is 0 Å². The Morgan fingerprint density at radius 2 is 2.21 bits per heavy atom. The van der Waals surface area contributed by atoms with Gasteiger partial charge in [0, 0.05) is 18.3 Å². The third-order valence-corrected chi connectivity index (χ3v) is 4.45. The summed E-state index contributed by atoms with van der Waals surface area (Å²) >= 11 is 5.79. The van der Waals surface area contributed by atoms with E-state index in [9.17, 15) is 10.1 Å². The van der Waals surface area contributed by atoms with E-state index in [1.165, 1.54) is 18.9 Å². The molecule has 0 aliphatic heterocycles. The highest BCUT2D eigenvalue weighted by molar-refractivity contribution is 6.32. The quantitative estimate of drug-likeness (QED) is 0.517. The molecular weight excluding hydrogens is 264 g/mol. The van der Waals surface area contributed by atoms with E-state index in [2.05, 4.69) is 17.5 Å². The van der Waals surface area contributed by atoms with Crippen molar-refractivity contribution in [3.8, 4) is 0 Å².